The minimum absolute atomic E-state index is 0.210. The molecule has 0 unspecified atom stereocenters. The Bertz CT molecular complexity index is 1230. The smallest absolute Gasteiger partial charge is 0.213 e. The van der Waals surface area contributed by atoms with E-state index >= 15 is 0 Å². The number of halogens is 2. The molecule has 5 nitrogen and oxygen atoms in total. The first-order valence-electron chi connectivity index (χ1n) is 10.9. The van der Waals surface area contributed by atoms with Crippen molar-refractivity contribution < 1.29 is 12.8 Å². The van der Waals surface area contributed by atoms with Crippen LogP contribution in [0.2, 0.25) is 30.7 Å². The van der Waals surface area contributed by atoms with E-state index in [0.29, 0.717) is 29.1 Å². The molecule has 1 N–H and O–H groups in total. The highest BCUT2D eigenvalue weighted by atomic mass is 35.5. The highest BCUT2D eigenvalue weighted by Gasteiger charge is 2.30. The van der Waals surface area contributed by atoms with Crippen molar-refractivity contribution in [2.45, 2.75) is 44.4 Å². The Balaban J connectivity index is 1.49. The maximum absolute atomic E-state index is 14.3. The molecular formula is C23H29ClFN3O2SSi. The summed E-state index contributed by atoms with van der Waals surface area (Å²) in [5, 5.41) is 1.08. The number of nitrogens with one attached hydrogen (secondary N) is 1. The molecule has 0 amide bonds. The minimum atomic E-state index is -3.20. The van der Waals surface area contributed by atoms with Gasteiger partial charge in [0.1, 0.15) is 5.65 Å². The quantitative estimate of drug-likeness (QED) is 0.436. The molecule has 0 atom stereocenters. The fourth-order valence-electron chi connectivity index (χ4n) is 4.29. The summed E-state index contributed by atoms with van der Waals surface area (Å²) in [4.78, 5) is 7.01. The number of hydrogen-bond acceptors (Lipinski definition) is 3. The van der Waals surface area contributed by atoms with E-state index in [4.69, 9.17) is 11.6 Å². The van der Waals surface area contributed by atoms with Crippen LogP contribution >= 0.6 is 11.6 Å². The van der Waals surface area contributed by atoms with Gasteiger partial charge in [-0.1, -0.05) is 43.4 Å². The standard InChI is InChI=1S/C23H29ClFN3O2SSi/c1-32(2,3)13-12-31(29,30)28-10-7-16(8-11-28)18-5-4-17(14-20(18)24)19-6-9-26-23-22(19)21(25)15-27-23/h4-6,9,14-16H,7-8,10-13H2,1-3H3,(H,26,27). The highest BCUT2D eigenvalue weighted by Crippen LogP contribution is 2.37. The molecule has 2 aromatic heterocycles. The average molecular weight is 494 g/mol. The molecule has 172 valence electrons. The van der Waals surface area contributed by atoms with Crippen molar-refractivity contribution in [1.29, 1.82) is 0 Å². The molecule has 0 saturated carbocycles. The number of nitrogens with zero attached hydrogens (tertiary/aromatic N) is 2. The first kappa shape index (κ1) is 23.4. The molecule has 32 heavy (non-hydrogen) atoms. The van der Waals surface area contributed by atoms with Gasteiger partial charge in [-0.25, -0.2) is 22.1 Å². The van der Waals surface area contributed by atoms with Gasteiger partial charge >= 0.3 is 0 Å². The third-order valence-corrected chi connectivity index (χ3v) is 10.5. The summed E-state index contributed by atoms with van der Waals surface area (Å²) in [6.45, 7) is 7.64. The monoisotopic (exact) mass is 493 g/mol. The molecule has 4 rings (SSSR count). The van der Waals surface area contributed by atoms with E-state index in [2.05, 4.69) is 29.6 Å². The van der Waals surface area contributed by atoms with Gasteiger partial charge in [0.05, 0.1) is 11.1 Å². The lowest BCUT2D eigenvalue weighted by Crippen LogP contribution is -2.40. The molecule has 0 aliphatic carbocycles. The Morgan fingerprint density at radius 3 is 2.59 bits per heavy atom. The van der Waals surface area contributed by atoms with Crippen LogP contribution in [0.1, 0.15) is 24.3 Å². The summed E-state index contributed by atoms with van der Waals surface area (Å²) >= 11 is 6.66. The number of rotatable bonds is 6. The highest BCUT2D eigenvalue weighted by molar-refractivity contribution is 7.89. The fourth-order valence-corrected chi connectivity index (χ4v) is 9.13. The lowest BCUT2D eigenvalue weighted by atomic mass is 9.89. The molecule has 0 bridgehead atoms. The molecule has 1 aromatic carbocycles. The molecule has 9 heteroatoms. The number of aromatic amines is 1. The molecule has 0 radical (unpaired) electrons. The predicted octanol–water partition coefficient (Wildman–Crippen LogP) is 5.87. The first-order valence-corrected chi connectivity index (χ1v) is 16.6. The molecule has 1 saturated heterocycles. The summed E-state index contributed by atoms with van der Waals surface area (Å²) in [6.07, 6.45) is 4.45. The van der Waals surface area contributed by atoms with Gasteiger partial charge in [0.2, 0.25) is 10.0 Å². The van der Waals surface area contributed by atoms with Crippen LogP contribution in [0.3, 0.4) is 0 Å². The summed E-state index contributed by atoms with van der Waals surface area (Å²) in [5.74, 6) is 0.117. The van der Waals surface area contributed by atoms with Crippen molar-refractivity contribution in [2.75, 3.05) is 18.8 Å². The van der Waals surface area contributed by atoms with Gasteiger partial charge in [0.25, 0.3) is 0 Å². The van der Waals surface area contributed by atoms with E-state index in [1.807, 2.05) is 18.2 Å². The largest absolute Gasteiger partial charge is 0.343 e. The molecule has 1 aliphatic heterocycles. The number of aromatic nitrogens is 2. The SMILES string of the molecule is C[Si](C)(C)CCS(=O)(=O)N1CCC(c2ccc(-c3ccnc4[nH]cc(F)c34)cc2Cl)CC1. The number of benzene rings is 1. The van der Waals surface area contributed by atoms with Crippen LogP contribution in [0, 0.1) is 5.82 Å². The van der Waals surface area contributed by atoms with Gasteiger partial charge in [-0.2, -0.15) is 0 Å². The van der Waals surface area contributed by atoms with Crippen molar-refractivity contribution in [3.8, 4) is 11.1 Å². The maximum atomic E-state index is 14.3. The number of sulfonamides is 1. The Hall–Kier alpha value is -1.74. The zero-order chi connectivity index (χ0) is 23.1. The van der Waals surface area contributed by atoms with Crippen molar-refractivity contribution in [3.05, 3.63) is 53.1 Å². The minimum Gasteiger partial charge on any atom is -0.343 e. The lowest BCUT2D eigenvalue weighted by Gasteiger charge is -2.32. The lowest BCUT2D eigenvalue weighted by molar-refractivity contribution is 0.320. The molecule has 0 spiro atoms. The van der Waals surface area contributed by atoms with Crippen LogP contribution in [0.4, 0.5) is 4.39 Å². The summed E-state index contributed by atoms with van der Waals surface area (Å²) in [5.41, 5.74) is 3.10. The van der Waals surface area contributed by atoms with Gasteiger partial charge in [-0.3, -0.25) is 0 Å². The predicted molar refractivity (Wildman–Crippen MR) is 132 cm³/mol. The molecule has 3 heterocycles. The molecule has 3 aromatic rings. The normalized spacial score (nSPS) is 16.7. The Morgan fingerprint density at radius 2 is 1.94 bits per heavy atom. The van der Waals surface area contributed by atoms with Gasteiger partial charge in [-0.05, 0) is 53.6 Å². The Morgan fingerprint density at radius 1 is 1.22 bits per heavy atom. The van der Waals surface area contributed by atoms with E-state index < -0.39 is 18.1 Å². The van der Waals surface area contributed by atoms with Crippen LogP contribution < -0.4 is 0 Å². The number of pyridine rings is 1. The topological polar surface area (TPSA) is 66.1 Å². The summed E-state index contributed by atoms with van der Waals surface area (Å²) < 4.78 is 41.4. The second-order valence-corrected chi connectivity index (χ2v) is 17.9. The van der Waals surface area contributed by atoms with Crippen molar-refractivity contribution in [1.82, 2.24) is 14.3 Å². The Kier molecular flexibility index (Phi) is 6.51. The third kappa shape index (κ3) is 4.93. The summed E-state index contributed by atoms with van der Waals surface area (Å²) in [6, 6.07) is 8.39. The number of H-pyrrole nitrogens is 1. The van der Waals surface area contributed by atoms with Crippen LogP contribution in [0.15, 0.2) is 36.7 Å². The van der Waals surface area contributed by atoms with E-state index in [0.717, 1.165) is 35.6 Å². The van der Waals surface area contributed by atoms with Gasteiger partial charge in [0.15, 0.2) is 5.82 Å². The maximum Gasteiger partial charge on any atom is 0.213 e. The van der Waals surface area contributed by atoms with Crippen LogP contribution in [0.5, 0.6) is 0 Å². The number of piperidine rings is 1. The molecule has 1 aliphatic rings. The zero-order valence-electron chi connectivity index (χ0n) is 18.7. The average Bonchev–Trinajstić information content (AvgIpc) is 3.13. The van der Waals surface area contributed by atoms with Gasteiger partial charge in [0, 0.05) is 38.6 Å². The zero-order valence-corrected chi connectivity index (χ0v) is 21.2. The van der Waals surface area contributed by atoms with Crippen molar-refractivity contribution >= 4 is 40.7 Å². The first-order chi connectivity index (χ1) is 15.0. The second kappa shape index (κ2) is 8.89. The van der Waals surface area contributed by atoms with E-state index in [1.165, 1.54) is 6.20 Å². The van der Waals surface area contributed by atoms with E-state index in [1.54, 1.807) is 16.6 Å². The van der Waals surface area contributed by atoms with Gasteiger partial charge < -0.3 is 4.98 Å². The Labute approximate surface area is 195 Å². The van der Waals surface area contributed by atoms with E-state index in [-0.39, 0.29) is 17.5 Å². The fraction of sp³-hybridized carbons (Fsp3) is 0.435. The van der Waals surface area contributed by atoms with Crippen LogP contribution in [0.25, 0.3) is 22.2 Å². The van der Waals surface area contributed by atoms with E-state index in [9.17, 15) is 12.8 Å². The van der Waals surface area contributed by atoms with Crippen LogP contribution in [-0.2, 0) is 10.0 Å². The van der Waals surface area contributed by atoms with Crippen molar-refractivity contribution in [3.63, 3.8) is 0 Å². The van der Waals surface area contributed by atoms with Gasteiger partial charge in [-0.15, -0.1) is 0 Å². The molecule has 1 fully saturated rings. The second-order valence-electron chi connectivity index (χ2n) is 9.76. The van der Waals surface area contributed by atoms with Crippen LogP contribution in [-0.4, -0.2) is 49.6 Å². The number of fused-ring (bicyclic) bond motifs is 1. The third-order valence-electron chi connectivity index (χ3n) is 6.23. The van der Waals surface area contributed by atoms with Crippen molar-refractivity contribution in [2.24, 2.45) is 0 Å². The number of hydrogen-bond donors (Lipinski definition) is 1. The molecular weight excluding hydrogens is 465 g/mol. The summed E-state index contributed by atoms with van der Waals surface area (Å²) in [7, 11) is -4.61.